The first-order chi connectivity index (χ1) is 12.5. The SMILES string of the molecule is CC(=O)N(c1ccccc1)c1nc(C=CC(=O)Nc2nc(C)cs2)cs1. The molecule has 0 saturated carbocycles. The average Bonchev–Trinajstić information content (AvgIpc) is 3.23. The van der Waals surface area contributed by atoms with Crippen molar-refractivity contribution in [2.45, 2.75) is 13.8 Å². The number of aryl methyl sites for hydroxylation is 1. The van der Waals surface area contributed by atoms with Crippen molar-refractivity contribution in [2.24, 2.45) is 0 Å². The highest BCUT2D eigenvalue weighted by Crippen LogP contribution is 2.29. The Bertz CT molecular complexity index is 947. The van der Waals surface area contributed by atoms with Crippen LogP contribution >= 0.6 is 22.7 Å². The van der Waals surface area contributed by atoms with Crippen LogP contribution in [0.5, 0.6) is 0 Å². The molecule has 1 N–H and O–H groups in total. The lowest BCUT2D eigenvalue weighted by molar-refractivity contribution is -0.116. The Morgan fingerprint density at radius 2 is 1.88 bits per heavy atom. The van der Waals surface area contributed by atoms with E-state index < -0.39 is 0 Å². The lowest BCUT2D eigenvalue weighted by Gasteiger charge is -2.17. The van der Waals surface area contributed by atoms with Gasteiger partial charge in [-0.05, 0) is 25.1 Å². The van der Waals surface area contributed by atoms with Gasteiger partial charge in [-0.1, -0.05) is 18.2 Å². The smallest absolute Gasteiger partial charge is 0.250 e. The maximum atomic E-state index is 12.0. The van der Waals surface area contributed by atoms with Gasteiger partial charge < -0.3 is 0 Å². The average molecular weight is 384 g/mol. The fourth-order valence-corrected chi connectivity index (χ4v) is 3.73. The molecule has 0 fully saturated rings. The minimum absolute atomic E-state index is 0.127. The van der Waals surface area contributed by atoms with Gasteiger partial charge >= 0.3 is 0 Å². The molecule has 0 atom stereocenters. The number of carbonyl (C=O) groups excluding carboxylic acids is 2. The molecule has 0 aliphatic rings. The molecule has 26 heavy (non-hydrogen) atoms. The van der Waals surface area contributed by atoms with Gasteiger partial charge in [-0.25, -0.2) is 9.97 Å². The summed E-state index contributed by atoms with van der Waals surface area (Å²) in [5.74, 6) is -0.404. The van der Waals surface area contributed by atoms with Gasteiger partial charge in [0.05, 0.1) is 17.1 Å². The molecule has 132 valence electrons. The Hall–Kier alpha value is -2.84. The molecule has 0 unspecified atom stereocenters. The number of carbonyl (C=O) groups is 2. The highest BCUT2D eigenvalue weighted by molar-refractivity contribution is 7.14. The molecule has 0 radical (unpaired) electrons. The number of hydrogen-bond donors (Lipinski definition) is 1. The summed E-state index contributed by atoms with van der Waals surface area (Å²) < 4.78 is 0. The second kappa shape index (κ2) is 8.03. The number of benzene rings is 1. The second-order valence-electron chi connectivity index (χ2n) is 5.36. The molecule has 2 aromatic heterocycles. The van der Waals surface area contributed by atoms with Crippen molar-refractivity contribution >= 4 is 56.5 Å². The summed E-state index contributed by atoms with van der Waals surface area (Å²) in [6.07, 6.45) is 3.01. The number of para-hydroxylation sites is 1. The van der Waals surface area contributed by atoms with E-state index in [9.17, 15) is 9.59 Å². The van der Waals surface area contributed by atoms with Crippen molar-refractivity contribution in [1.29, 1.82) is 0 Å². The van der Waals surface area contributed by atoms with E-state index in [1.54, 1.807) is 16.4 Å². The first-order valence-electron chi connectivity index (χ1n) is 7.75. The normalized spacial score (nSPS) is 10.8. The number of thiazole rings is 2. The summed E-state index contributed by atoms with van der Waals surface area (Å²) in [7, 11) is 0. The Kier molecular flexibility index (Phi) is 5.55. The van der Waals surface area contributed by atoms with Crippen LogP contribution in [-0.4, -0.2) is 21.8 Å². The zero-order valence-electron chi connectivity index (χ0n) is 14.2. The number of nitrogens with zero attached hydrogens (tertiary/aromatic N) is 3. The van der Waals surface area contributed by atoms with E-state index in [1.165, 1.54) is 35.7 Å². The zero-order valence-corrected chi connectivity index (χ0v) is 15.8. The number of anilines is 3. The predicted molar refractivity (Wildman–Crippen MR) is 106 cm³/mol. The van der Waals surface area contributed by atoms with Gasteiger partial charge in [0.1, 0.15) is 0 Å². The minimum Gasteiger partial charge on any atom is -0.298 e. The van der Waals surface area contributed by atoms with Gasteiger partial charge in [-0.15, -0.1) is 22.7 Å². The van der Waals surface area contributed by atoms with Crippen LogP contribution in [0.1, 0.15) is 18.3 Å². The Labute approximate surface area is 158 Å². The van der Waals surface area contributed by atoms with Gasteiger partial charge in [0.15, 0.2) is 10.3 Å². The van der Waals surface area contributed by atoms with Crippen LogP contribution in [0.4, 0.5) is 16.0 Å². The predicted octanol–water partition coefficient (Wildman–Crippen LogP) is 4.24. The molecule has 3 aromatic rings. The molecule has 0 bridgehead atoms. The first kappa shape index (κ1) is 18.0. The van der Waals surface area contributed by atoms with Gasteiger partial charge in [0, 0.05) is 23.8 Å². The summed E-state index contributed by atoms with van der Waals surface area (Å²) >= 11 is 2.71. The quantitative estimate of drug-likeness (QED) is 0.668. The van der Waals surface area contributed by atoms with Gasteiger partial charge in [0.25, 0.3) is 0 Å². The van der Waals surface area contributed by atoms with Crippen molar-refractivity contribution in [3.63, 3.8) is 0 Å². The highest BCUT2D eigenvalue weighted by atomic mass is 32.1. The molecule has 1 aromatic carbocycles. The van der Waals surface area contributed by atoms with E-state index in [1.807, 2.05) is 42.6 Å². The number of hydrogen-bond acceptors (Lipinski definition) is 6. The lowest BCUT2D eigenvalue weighted by atomic mass is 10.3. The molecule has 2 amide bonds. The first-order valence-corrected chi connectivity index (χ1v) is 9.51. The molecular formula is C18H16N4O2S2. The van der Waals surface area contributed by atoms with Crippen molar-refractivity contribution in [1.82, 2.24) is 9.97 Å². The Balaban J connectivity index is 1.72. The van der Waals surface area contributed by atoms with E-state index in [0.717, 1.165) is 11.4 Å². The number of aromatic nitrogens is 2. The molecule has 3 rings (SSSR count). The molecule has 0 spiro atoms. The van der Waals surface area contributed by atoms with Crippen LogP contribution in [-0.2, 0) is 9.59 Å². The number of nitrogens with one attached hydrogen (secondary N) is 1. The zero-order chi connectivity index (χ0) is 18.5. The van der Waals surface area contributed by atoms with Crippen LogP contribution in [0.15, 0.2) is 47.2 Å². The third kappa shape index (κ3) is 4.41. The highest BCUT2D eigenvalue weighted by Gasteiger charge is 2.17. The summed E-state index contributed by atoms with van der Waals surface area (Å²) in [5, 5.41) is 7.48. The van der Waals surface area contributed by atoms with E-state index in [-0.39, 0.29) is 11.8 Å². The van der Waals surface area contributed by atoms with E-state index in [4.69, 9.17) is 0 Å². The van der Waals surface area contributed by atoms with Crippen molar-refractivity contribution in [3.05, 3.63) is 58.6 Å². The van der Waals surface area contributed by atoms with Gasteiger partial charge in [-0.2, -0.15) is 0 Å². The molecule has 0 aliphatic heterocycles. The van der Waals surface area contributed by atoms with Crippen molar-refractivity contribution < 1.29 is 9.59 Å². The fourth-order valence-electron chi connectivity index (χ4n) is 2.18. The minimum atomic E-state index is -0.277. The molecule has 6 nitrogen and oxygen atoms in total. The van der Waals surface area contributed by atoms with Gasteiger partial charge in [-0.3, -0.25) is 19.8 Å². The standard InChI is InChI=1S/C18H16N4O2S2/c1-12-10-25-17(19-12)21-16(24)9-8-14-11-26-18(20-14)22(13(2)23)15-6-4-3-5-7-15/h3-11H,1-2H3,(H,19,21,24). The van der Waals surface area contributed by atoms with E-state index in [2.05, 4.69) is 15.3 Å². The van der Waals surface area contributed by atoms with E-state index in [0.29, 0.717) is 16.0 Å². The van der Waals surface area contributed by atoms with Crippen LogP contribution < -0.4 is 10.2 Å². The Morgan fingerprint density at radius 3 is 2.54 bits per heavy atom. The monoisotopic (exact) mass is 384 g/mol. The third-order valence-electron chi connectivity index (χ3n) is 3.29. The Morgan fingerprint density at radius 1 is 1.12 bits per heavy atom. The molecule has 0 saturated heterocycles. The van der Waals surface area contributed by atoms with Crippen LogP contribution in [0.2, 0.25) is 0 Å². The summed E-state index contributed by atoms with van der Waals surface area (Å²) in [6.45, 7) is 3.36. The molecular weight excluding hydrogens is 368 g/mol. The lowest BCUT2D eigenvalue weighted by Crippen LogP contribution is -2.22. The van der Waals surface area contributed by atoms with E-state index >= 15 is 0 Å². The second-order valence-corrected chi connectivity index (χ2v) is 7.06. The number of amides is 2. The number of rotatable bonds is 5. The summed E-state index contributed by atoms with van der Waals surface area (Å²) in [5.41, 5.74) is 2.23. The molecule has 8 heteroatoms. The van der Waals surface area contributed by atoms with Crippen LogP contribution in [0.3, 0.4) is 0 Å². The topological polar surface area (TPSA) is 75.2 Å². The van der Waals surface area contributed by atoms with Gasteiger partial charge in [0.2, 0.25) is 11.8 Å². The van der Waals surface area contributed by atoms with Crippen LogP contribution in [0.25, 0.3) is 6.08 Å². The molecule has 0 aliphatic carbocycles. The fraction of sp³-hybridized carbons (Fsp3) is 0.111. The van der Waals surface area contributed by atoms with Crippen molar-refractivity contribution in [3.8, 4) is 0 Å². The maximum Gasteiger partial charge on any atom is 0.250 e. The summed E-state index contributed by atoms with van der Waals surface area (Å²) in [6, 6.07) is 9.32. The third-order valence-corrected chi connectivity index (χ3v) is 5.00. The molecule has 2 heterocycles. The maximum absolute atomic E-state index is 12.0. The van der Waals surface area contributed by atoms with Crippen LogP contribution in [0, 0.1) is 6.92 Å². The summed E-state index contributed by atoms with van der Waals surface area (Å²) in [4.78, 5) is 34.1. The largest absolute Gasteiger partial charge is 0.298 e. The van der Waals surface area contributed by atoms with Crippen molar-refractivity contribution in [2.75, 3.05) is 10.2 Å².